The van der Waals surface area contributed by atoms with Crippen molar-refractivity contribution in [3.8, 4) is 0 Å². The zero-order valence-electron chi connectivity index (χ0n) is 15.9. The third kappa shape index (κ3) is 3.64. The number of aromatic nitrogens is 2. The predicted molar refractivity (Wildman–Crippen MR) is 103 cm³/mol. The summed E-state index contributed by atoms with van der Waals surface area (Å²) in [4.78, 5) is 24.2. The van der Waals surface area contributed by atoms with E-state index in [4.69, 9.17) is 0 Å². The van der Waals surface area contributed by atoms with Crippen LogP contribution in [-0.2, 0) is 30.5 Å². The lowest BCUT2D eigenvalue weighted by Crippen LogP contribution is -2.46. The van der Waals surface area contributed by atoms with E-state index in [0.717, 1.165) is 23.8 Å². The molecule has 0 N–H and O–H groups in total. The first kappa shape index (κ1) is 19.6. The van der Waals surface area contributed by atoms with Gasteiger partial charge in [-0.1, -0.05) is 30.3 Å². The van der Waals surface area contributed by atoms with Crippen molar-refractivity contribution in [2.24, 2.45) is 20.0 Å². The first-order chi connectivity index (χ1) is 12.7. The van der Waals surface area contributed by atoms with Crippen molar-refractivity contribution in [1.82, 2.24) is 13.4 Å². The van der Waals surface area contributed by atoms with Crippen LogP contribution in [0.25, 0.3) is 0 Å². The maximum atomic E-state index is 13.1. The van der Waals surface area contributed by atoms with Gasteiger partial charge in [0, 0.05) is 32.9 Å². The highest BCUT2D eigenvalue weighted by molar-refractivity contribution is 7.89. The fourth-order valence-electron chi connectivity index (χ4n) is 3.64. The Balaban J connectivity index is 1.82. The van der Waals surface area contributed by atoms with Crippen molar-refractivity contribution < 1.29 is 8.42 Å². The third-order valence-corrected chi connectivity index (χ3v) is 7.47. The maximum Gasteiger partial charge on any atom is 0.330 e. The van der Waals surface area contributed by atoms with Crippen molar-refractivity contribution in [2.45, 2.75) is 31.1 Å². The molecule has 7 nitrogen and oxygen atoms in total. The Morgan fingerprint density at radius 2 is 1.59 bits per heavy atom. The quantitative estimate of drug-likeness (QED) is 0.780. The van der Waals surface area contributed by atoms with Crippen molar-refractivity contribution in [1.29, 1.82) is 0 Å². The average molecular weight is 391 g/mol. The maximum absolute atomic E-state index is 13.1. The van der Waals surface area contributed by atoms with Crippen LogP contribution in [-0.4, -0.2) is 34.9 Å². The van der Waals surface area contributed by atoms with Crippen molar-refractivity contribution in [3.05, 3.63) is 62.4 Å². The first-order valence-electron chi connectivity index (χ1n) is 9.04. The van der Waals surface area contributed by atoms with Gasteiger partial charge in [0.05, 0.1) is 0 Å². The molecule has 0 radical (unpaired) electrons. The molecule has 1 aromatic carbocycles. The minimum Gasteiger partial charge on any atom is -0.300 e. The number of nitrogens with zero attached hydrogens (tertiary/aromatic N) is 3. The van der Waals surface area contributed by atoms with Gasteiger partial charge in [-0.15, -0.1) is 0 Å². The average Bonchev–Trinajstić information content (AvgIpc) is 2.66. The third-order valence-electron chi connectivity index (χ3n) is 5.44. The molecule has 1 saturated heterocycles. The molecule has 0 unspecified atom stereocenters. The number of hydrogen-bond donors (Lipinski definition) is 0. The molecule has 0 spiro atoms. The van der Waals surface area contributed by atoms with E-state index in [-0.39, 0.29) is 10.6 Å². The van der Waals surface area contributed by atoms with E-state index >= 15 is 0 Å². The van der Waals surface area contributed by atoms with Gasteiger partial charge in [-0.25, -0.2) is 13.2 Å². The molecule has 1 aliphatic heterocycles. The Morgan fingerprint density at radius 3 is 2.19 bits per heavy atom. The lowest BCUT2D eigenvalue weighted by atomic mass is 9.91. The van der Waals surface area contributed by atoms with Crippen molar-refractivity contribution in [3.63, 3.8) is 0 Å². The largest absolute Gasteiger partial charge is 0.330 e. The molecule has 1 aliphatic rings. The van der Waals surface area contributed by atoms with Gasteiger partial charge in [-0.05, 0) is 37.7 Å². The minimum atomic E-state index is -3.94. The second kappa shape index (κ2) is 7.44. The molecule has 27 heavy (non-hydrogen) atoms. The zero-order chi connectivity index (χ0) is 19.8. The second-order valence-corrected chi connectivity index (χ2v) is 9.03. The number of benzene rings is 1. The molecule has 0 amide bonds. The molecule has 0 aliphatic carbocycles. The lowest BCUT2D eigenvalue weighted by Gasteiger charge is -2.31. The SMILES string of the molecule is Cc1c(S(=O)(=O)N2CCC(Cc3ccccc3)CC2)c(=O)n(C)c(=O)n1C. The highest BCUT2D eigenvalue weighted by Gasteiger charge is 2.34. The van der Waals surface area contributed by atoms with E-state index in [1.54, 1.807) is 0 Å². The fraction of sp³-hybridized carbons (Fsp3) is 0.474. The van der Waals surface area contributed by atoms with E-state index in [1.165, 1.54) is 35.5 Å². The molecule has 0 saturated carbocycles. The zero-order valence-corrected chi connectivity index (χ0v) is 16.7. The van der Waals surface area contributed by atoms with Gasteiger partial charge in [0.1, 0.15) is 0 Å². The Morgan fingerprint density at radius 1 is 1.00 bits per heavy atom. The van der Waals surface area contributed by atoms with Gasteiger partial charge in [0.15, 0.2) is 4.90 Å². The van der Waals surface area contributed by atoms with Crippen LogP contribution < -0.4 is 11.2 Å². The standard InChI is InChI=1S/C19H25N3O4S/c1-14-17(18(23)21(3)19(24)20(14)2)27(25,26)22-11-9-16(10-12-22)13-15-7-5-4-6-8-15/h4-8,16H,9-13H2,1-3H3. The topological polar surface area (TPSA) is 81.4 Å². The second-order valence-electron chi connectivity index (χ2n) is 7.16. The molecule has 1 aromatic heterocycles. The summed E-state index contributed by atoms with van der Waals surface area (Å²) in [5, 5.41) is 0. The van der Waals surface area contributed by atoms with E-state index in [2.05, 4.69) is 12.1 Å². The number of hydrogen-bond acceptors (Lipinski definition) is 4. The summed E-state index contributed by atoms with van der Waals surface area (Å²) in [5.74, 6) is 0.419. The summed E-state index contributed by atoms with van der Waals surface area (Å²) in [6, 6.07) is 10.2. The Bertz CT molecular complexity index is 1050. The van der Waals surface area contributed by atoms with Crippen LogP contribution in [0, 0.1) is 12.8 Å². The van der Waals surface area contributed by atoms with E-state index in [0.29, 0.717) is 19.0 Å². The molecule has 0 bridgehead atoms. The van der Waals surface area contributed by atoms with Crippen LogP contribution in [0.15, 0.2) is 44.8 Å². The Kier molecular flexibility index (Phi) is 5.39. The fourth-order valence-corrected chi connectivity index (χ4v) is 5.46. The van der Waals surface area contributed by atoms with Gasteiger partial charge in [0.2, 0.25) is 10.0 Å². The molecule has 2 aromatic rings. The normalized spacial score (nSPS) is 16.6. The van der Waals surface area contributed by atoms with Crippen LogP contribution in [0.1, 0.15) is 24.1 Å². The minimum absolute atomic E-state index is 0.175. The Labute approximate surface area is 158 Å². The molecule has 2 heterocycles. The van der Waals surface area contributed by atoms with Crippen molar-refractivity contribution in [2.75, 3.05) is 13.1 Å². The lowest BCUT2D eigenvalue weighted by molar-refractivity contribution is 0.272. The van der Waals surface area contributed by atoms with E-state index in [1.807, 2.05) is 18.2 Å². The number of sulfonamides is 1. The van der Waals surface area contributed by atoms with Gasteiger partial charge in [-0.2, -0.15) is 4.31 Å². The number of piperidine rings is 1. The first-order valence-corrected chi connectivity index (χ1v) is 10.5. The van der Waals surface area contributed by atoms with Crippen LogP contribution in [0.4, 0.5) is 0 Å². The van der Waals surface area contributed by atoms with Crippen LogP contribution in [0.2, 0.25) is 0 Å². The molecule has 146 valence electrons. The molecule has 8 heteroatoms. The molecular weight excluding hydrogens is 366 g/mol. The molecule has 1 fully saturated rings. The van der Waals surface area contributed by atoms with Crippen LogP contribution in [0.5, 0.6) is 0 Å². The summed E-state index contributed by atoms with van der Waals surface area (Å²) in [7, 11) is -1.17. The summed E-state index contributed by atoms with van der Waals surface area (Å²) in [6.07, 6.45) is 2.42. The van der Waals surface area contributed by atoms with Gasteiger partial charge in [0.25, 0.3) is 5.56 Å². The molecule has 0 atom stereocenters. The monoisotopic (exact) mass is 391 g/mol. The van der Waals surface area contributed by atoms with Crippen LogP contribution in [0.3, 0.4) is 0 Å². The molecular formula is C19H25N3O4S. The van der Waals surface area contributed by atoms with Gasteiger partial charge >= 0.3 is 5.69 Å². The predicted octanol–water partition coefficient (Wildman–Crippen LogP) is 1.04. The summed E-state index contributed by atoms with van der Waals surface area (Å²) < 4.78 is 29.6. The van der Waals surface area contributed by atoms with Crippen LogP contribution >= 0.6 is 0 Å². The van der Waals surface area contributed by atoms with Crippen molar-refractivity contribution >= 4 is 10.0 Å². The van der Waals surface area contributed by atoms with E-state index < -0.39 is 21.3 Å². The molecule has 3 rings (SSSR count). The summed E-state index contributed by atoms with van der Waals surface area (Å²) >= 11 is 0. The van der Waals surface area contributed by atoms with E-state index in [9.17, 15) is 18.0 Å². The summed E-state index contributed by atoms with van der Waals surface area (Å²) in [6.45, 7) is 2.26. The number of rotatable bonds is 4. The van der Waals surface area contributed by atoms with Gasteiger partial charge in [-0.3, -0.25) is 13.9 Å². The summed E-state index contributed by atoms with van der Waals surface area (Å²) in [5.41, 5.74) is 0.135. The Hall–Kier alpha value is -2.19. The highest BCUT2D eigenvalue weighted by atomic mass is 32.2. The highest BCUT2D eigenvalue weighted by Crippen LogP contribution is 2.25. The smallest absolute Gasteiger partial charge is 0.300 e. The van der Waals surface area contributed by atoms with Gasteiger partial charge < -0.3 is 0 Å².